The fourth-order valence-corrected chi connectivity index (χ4v) is 3.63. The average molecular weight is 334 g/mol. The second kappa shape index (κ2) is 4.82. The summed E-state index contributed by atoms with van der Waals surface area (Å²) in [5.74, 6) is 0. The summed E-state index contributed by atoms with van der Waals surface area (Å²) in [7, 11) is -0.238. The third kappa shape index (κ3) is 2.62. The fraction of sp³-hybridized carbons (Fsp3) is 0.333. The van der Waals surface area contributed by atoms with Gasteiger partial charge in [-0.3, -0.25) is 0 Å². The number of rotatable bonds is 4. The van der Waals surface area contributed by atoms with Gasteiger partial charge in [-0.1, -0.05) is 5.21 Å². The van der Waals surface area contributed by atoms with Crippen LogP contribution in [0.1, 0.15) is 5.56 Å². The van der Waals surface area contributed by atoms with Crippen molar-refractivity contribution in [3.8, 4) is 0 Å². The minimum Gasteiger partial charge on any atom is -0.357 e. The van der Waals surface area contributed by atoms with Gasteiger partial charge in [0, 0.05) is 33.0 Å². The monoisotopic (exact) mass is 333 g/mol. The maximum atomic E-state index is 12.1. The smallest absolute Gasteiger partial charge is 0.260 e. The average Bonchev–Trinajstić information content (AvgIpc) is 2.83. The highest BCUT2D eigenvalue weighted by Gasteiger charge is 2.23. The second-order valence-electron chi connectivity index (χ2n) is 3.82. The van der Waals surface area contributed by atoms with Crippen molar-refractivity contribution in [2.45, 2.75) is 11.6 Å². The van der Waals surface area contributed by atoms with Gasteiger partial charge in [-0.15, -0.1) is 5.10 Å². The van der Waals surface area contributed by atoms with E-state index < -0.39 is 10.0 Å². The summed E-state index contributed by atoms with van der Waals surface area (Å²) in [5.41, 5.74) is 0.882. The molecule has 2 heterocycles. The maximum Gasteiger partial charge on any atom is 0.260 e. The standard InChI is InChI=1S/C9H12BrN5O2S/c1-14-4-3-7(6-14)5-11-18(16,17)9-8(10)12-13-15(9)2/h3-4,6,11H,5H2,1-2H3. The molecule has 0 aliphatic heterocycles. The van der Waals surface area contributed by atoms with E-state index in [2.05, 4.69) is 31.0 Å². The van der Waals surface area contributed by atoms with Crippen molar-refractivity contribution in [2.75, 3.05) is 0 Å². The van der Waals surface area contributed by atoms with Crippen LogP contribution in [0.3, 0.4) is 0 Å². The summed E-state index contributed by atoms with van der Waals surface area (Å²) in [6.07, 6.45) is 3.70. The van der Waals surface area contributed by atoms with Gasteiger partial charge in [-0.05, 0) is 27.6 Å². The van der Waals surface area contributed by atoms with Crippen LogP contribution in [-0.2, 0) is 30.7 Å². The Morgan fingerprint density at radius 1 is 1.44 bits per heavy atom. The highest BCUT2D eigenvalue weighted by molar-refractivity contribution is 9.10. The molecule has 0 spiro atoms. The predicted molar refractivity (Wildman–Crippen MR) is 68.1 cm³/mol. The second-order valence-corrected chi connectivity index (χ2v) is 6.25. The SMILES string of the molecule is Cn1ccc(CNS(=O)(=O)c2c(Br)nnn2C)c1. The fourth-order valence-electron chi connectivity index (χ4n) is 1.52. The number of halogens is 1. The zero-order valence-corrected chi connectivity index (χ0v) is 12.2. The van der Waals surface area contributed by atoms with E-state index in [1.807, 2.05) is 30.1 Å². The van der Waals surface area contributed by atoms with Gasteiger partial charge in [0.2, 0.25) is 5.03 Å². The van der Waals surface area contributed by atoms with E-state index in [9.17, 15) is 8.42 Å². The number of hydrogen-bond donors (Lipinski definition) is 1. The number of hydrogen-bond acceptors (Lipinski definition) is 4. The molecular formula is C9H12BrN5O2S. The van der Waals surface area contributed by atoms with Crippen molar-refractivity contribution in [2.24, 2.45) is 14.1 Å². The van der Waals surface area contributed by atoms with E-state index >= 15 is 0 Å². The normalized spacial score (nSPS) is 11.9. The molecule has 0 aliphatic carbocycles. The molecule has 0 aliphatic rings. The molecule has 9 heteroatoms. The molecule has 2 aromatic rings. The van der Waals surface area contributed by atoms with Crippen LogP contribution in [-0.4, -0.2) is 28.0 Å². The minimum absolute atomic E-state index is 0.0124. The van der Waals surface area contributed by atoms with Crippen LogP contribution < -0.4 is 4.72 Å². The van der Waals surface area contributed by atoms with Gasteiger partial charge in [-0.25, -0.2) is 17.8 Å². The Balaban J connectivity index is 2.18. The van der Waals surface area contributed by atoms with Crippen molar-refractivity contribution in [1.29, 1.82) is 0 Å². The molecule has 0 amide bonds. The summed E-state index contributed by atoms with van der Waals surface area (Å²) in [6, 6.07) is 1.85. The third-order valence-electron chi connectivity index (χ3n) is 2.35. The van der Waals surface area contributed by atoms with Gasteiger partial charge in [0.1, 0.15) is 0 Å². The summed E-state index contributed by atoms with van der Waals surface area (Å²) >= 11 is 3.07. The number of sulfonamides is 1. The van der Waals surface area contributed by atoms with Crippen molar-refractivity contribution in [3.63, 3.8) is 0 Å². The van der Waals surface area contributed by atoms with Crippen molar-refractivity contribution in [3.05, 3.63) is 28.6 Å². The lowest BCUT2D eigenvalue weighted by Gasteiger charge is -2.05. The topological polar surface area (TPSA) is 81.8 Å². The number of aryl methyl sites for hydroxylation is 2. The minimum atomic E-state index is -3.64. The molecule has 0 atom stereocenters. The quantitative estimate of drug-likeness (QED) is 0.877. The van der Waals surface area contributed by atoms with Gasteiger partial charge in [-0.2, -0.15) is 0 Å². The Morgan fingerprint density at radius 3 is 2.67 bits per heavy atom. The first-order chi connectivity index (χ1) is 8.40. The lowest BCUT2D eigenvalue weighted by molar-refractivity contribution is 0.560. The van der Waals surface area contributed by atoms with Gasteiger partial charge < -0.3 is 4.57 Å². The Bertz CT molecular complexity index is 641. The van der Waals surface area contributed by atoms with E-state index in [1.54, 1.807) is 0 Å². The summed E-state index contributed by atoms with van der Waals surface area (Å²) < 4.78 is 29.9. The van der Waals surface area contributed by atoms with Crippen LogP contribution in [0.5, 0.6) is 0 Å². The van der Waals surface area contributed by atoms with Gasteiger partial charge in [0.15, 0.2) is 4.60 Å². The summed E-state index contributed by atoms with van der Waals surface area (Å²) in [4.78, 5) is 0. The van der Waals surface area contributed by atoms with E-state index in [-0.39, 0.29) is 16.2 Å². The molecule has 1 N–H and O–H groups in total. The number of nitrogens with zero attached hydrogens (tertiary/aromatic N) is 4. The molecule has 98 valence electrons. The number of aromatic nitrogens is 4. The first kappa shape index (κ1) is 13.2. The summed E-state index contributed by atoms with van der Waals surface area (Å²) in [6.45, 7) is 0.223. The Labute approximate surface area is 113 Å². The first-order valence-electron chi connectivity index (χ1n) is 5.06. The highest BCUT2D eigenvalue weighted by Crippen LogP contribution is 2.17. The molecular weight excluding hydrogens is 322 g/mol. The van der Waals surface area contributed by atoms with Crippen molar-refractivity contribution >= 4 is 26.0 Å². The number of nitrogens with one attached hydrogen (secondary N) is 1. The first-order valence-corrected chi connectivity index (χ1v) is 7.33. The van der Waals surface area contributed by atoms with Crippen LogP contribution in [0.25, 0.3) is 0 Å². The lowest BCUT2D eigenvalue weighted by Crippen LogP contribution is -2.25. The summed E-state index contributed by atoms with van der Waals surface area (Å²) in [5, 5.41) is 7.30. The van der Waals surface area contributed by atoms with E-state index in [4.69, 9.17) is 0 Å². The molecule has 18 heavy (non-hydrogen) atoms. The molecule has 2 rings (SSSR count). The molecule has 0 bridgehead atoms. The van der Waals surface area contributed by atoms with Crippen LogP contribution in [0.2, 0.25) is 0 Å². The van der Waals surface area contributed by atoms with Gasteiger partial charge in [0.25, 0.3) is 10.0 Å². The maximum absolute atomic E-state index is 12.1. The van der Waals surface area contributed by atoms with Crippen molar-refractivity contribution < 1.29 is 8.42 Å². The largest absolute Gasteiger partial charge is 0.357 e. The molecule has 7 nitrogen and oxygen atoms in total. The Hall–Kier alpha value is -1.19. The third-order valence-corrected chi connectivity index (χ3v) is 4.64. The highest BCUT2D eigenvalue weighted by atomic mass is 79.9. The predicted octanol–water partition coefficient (Wildman–Crippen LogP) is 0.395. The lowest BCUT2D eigenvalue weighted by atomic mass is 10.4. The molecule has 2 aromatic heterocycles. The van der Waals surface area contributed by atoms with Crippen LogP contribution >= 0.6 is 15.9 Å². The molecule has 0 saturated heterocycles. The molecule has 0 fully saturated rings. The molecule has 0 radical (unpaired) electrons. The zero-order chi connectivity index (χ0) is 13.3. The molecule has 0 unspecified atom stereocenters. The van der Waals surface area contributed by atoms with Gasteiger partial charge in [0.05, 0.1) is 0 Å². The Morgan fingerprint density at radius 2 is 2.17 bits per heavy atom. The Kier molecular flexibility index (Phi) is 3.55. The van der Waals surface area contributed by atoms with E-state index in [1.165, 1.54) is 11.7 Å². The van der Waals surface area contributed by atoms with Crippen LogP contribution in [0.4, 0.5) is 0 Å². The molecule has 0 aromatic carbocycles. The molecule has 0 saturated carbocycles. The van der Waals surface area contributed by atoms with Crippen molar-refractivity contribution in [1.82, 2.24) is 24.3 Å². The van der Waals surface area contributed by atoms with Gasteiger partial charge >= 0.3 is 0 Å². The van der Waals surface area contributed by atoms with E-state index in [0.29, 0.717) is 0 Å². The van der Waals surface area contributed by atoms with E-state index in [0.717, 1.165) is 5.56 Å². The van der Waals surface area contributed by atoms with Crippen LogP contribution in [0.15, 0.2) is 28.1 Å². The van der Waals surface area contributed by atoms with Crippen LogP contribution in [0, 0.1) is 0 Å². The zero-order valence-electron chi connectivity index (χ0n) is 9.83.